The molecule has 0 fully saturated rings. The van der Waals surface area contributed by atoms with Crippen LogP contribution in [0.4, 0.5) is 0 Å². The monoisotopic (exact) mass is 153 g/mol. The summed E-state index contributed by atoms with van der Waals surface area (Å²) >= 11 is 0. The third kappa shape index (κ3) is 12.7. The van der Waals surface area contributed by atoms with E-state index in [2.05, 4.69) is 0 Å². The normalized spacial score (nSPS) is 8.36. The Hall–Kier alpha value is -0.463. The molecule has 0 aromatic heterocycles. The second-order valence-electron chi connectivity index (χ2n) is 1.99. The van der Waals surface area contributed by atoms with Crippen molar-refractivity contribution in [3.63, 3.8) is 0 Å². The number of hydrogen-bond acceptors (Lipinski definition) is 2. The molecule has 0 saturated heterocycles. The Morgan fingerprint density at radius 2 is 1.18 bits per heavy atom. The van der Waals surface area contributed by atoms with Gasteiger partial charge in [0.2, 0.25) is 0 Å². The Morgan fingerprint density at radius 3 is 1.36 bits per heavy atom. The minimum atomic E-state index is -0.870. The van der Waals surface area contributed by atoms with Gasteiger partial charge in [-0.05, 0) is 12.8 Å². The summed E-state index contributed by atoms with van der Waals surface area (Å²) in [5, 5.41) is 16.3. The first-order chi connectivity index (χ1) is 4.63. The molecule has 0 aromatic carbocycles. The number of unbranched alkanes of at least 4 members (excludes halogenated alkanes) is 1. The summed E-state index contributed by atoms with van der Waals surface area (Å²) in [5.41, 5.74) is 0. The fourth-order valence-electron chi connectivity index (χ4n) is 0.552. The number of carboxylic acids is 2. The van der Waals surface area contributed by atoms with E-state index in [9.17, 15) is 9.59 Å². The van der Waals surface area contributed by atoms with Gasteiger partial charge < -0.3 is 10.2 Å². The number of carboxylic acid groups (broad SMARTS) is 2. The van der Waals surface area contributed by atoms with Gasteiger partial charge in [-0.25, -0.2) is 0 Å². The van der Waals surface area contributed by atoms with Gasteiger partial charge in [-0.3, -0.25) is 9.59 Å². The molecule has 0 atom stereocenters. The second-order valence-corrected chi connectivity index (χ2v) is 1.99. The van der Waals surface area contributed by atoms with Crippen LogP contribution in [0.2, 0.25) is 0 Å². The van der Waals surface area contributed by atoms with E-state index < -0.39 is 11.9 Å². The summed E-state index contributed by atoms with van der Waals surface area (Å²) in [5.74, 6) is -1.74. The molecule has 2 N–H and O–H groups in total. The Balaban J connectivity index is 0. The molecular weight excluding hydrogens is 143 g/mol. The van der Waals surface area contributed by atoms with Crippen LogP contribution in [0.5, 0.6) is 0 Å². The van der Waals surface area contributed by atoms with Crippen molar-refractivity contribution < 1.29 is 19.8 Å². The van der Waals surface area contributed by atoms with Gasteiger partial charge in [0.25, 0.3) is 0 Å². The average Bonchev–Trinajstić information content (AvgIpc) is 1.79. The fourth-order valence-corrected chi connectivity index (χ4v) is 0.552. The number of hydrogen-bond donors (Lipinski definition) is 2. The van der Waals surface area contributed by atoms with Crippen LogP contribution in [-0.2, 0) is 9.59 Å². The maximum Gasteiger partial charge on any atom is 0.303 e. The topological polar surface area (TPSA) is 74.6 Å². The maximum atomic E-state index is 9.90. The molecule has 0 bridgehead atoms. The van der Waals surface area contributed by atoms with E-state index in [1.165, 1.54) is 0 Å². The predicted octanol–water partition coefficient (Wildman–Crippen LogP) is 0.335. The SMILES string of the molecule is O=C(O)CCCCC(=O)O.[Li]. The summed E-state index contributed by atoms with van der Waals surface area (Å²) in [4.78, 5) is 19.8. The summed E-state index contributed by atoms with van der Waals surface area (Å²) in [6.07, 6.45) is 1.02. The first-order valence-electron chi connectivity index (χ1n) is 3.06. The van der Waals surface area contributed by atoms with E-state index in [0.29, 0.717) is 12.8 Å². The van der Waals surface area contributed by atoms with Gasteiger partial charge in [-0.15, -0.1) is 0 Å². The van der Waals surface area contributed by atoms with Crippen molar-refractivity contribution in [1.29, 1.82) is 0 Å². The van der Waals surface area contributed by atoms with Gasteiger partial charge >= 0.3 is 11.9 Å². The van der Waals surface area contributed by atoms with Crippen molar-refractivity contribution in [2.75, 3.05) is 0 Å². The zero-order valence-corrected chi connectivity index (χ0v) is 6.54. The molecule has 59 valence electrons. The van der Waals surface area contributed by atoms with Crippen LogP contribution in [0.3, 0.4) is 0 Å². The van der Waals surface area contributed by atoms with Gasteiger partial charge in [-0.2, -0.15) is 0 Å². The largest absolute Gasteiger partial charge is 0.481 e. The molecule has 0 unspecified atom stereocenters. The quantitative estimate of drug-likeness (QED) is 0.441. The smallest absolute Gasteiger partial charge is 0.303 e. The number of rotatable bonds is 5. The molecule has 0 amide bonds. The van der Waals surface area contributed by atoms with Gasteiger partial charge in [0.1, 0.15) is 0 Å². The summed E-state index contributed by atoms with van der Waals surface area (Å²) < 4.78 is 0. The Kier molecular flexibility index (Phi) is 9.14. The van der Waals surface area contributed by atoms with Crippen molar-refractivity contribution in [2.24, 2.45) is 0 Å². The molecule has 1 radical (unpaired) electrons. The van der Waals surface area contributed by atoms with Crippen LogP contribution in [0.25, 0.3) is 0 Å². The number of carbonyl (C=O) groups is 2. The van der Waals surface area contributed by atoms with E-state index in [-0.39, 0.29) is 31.7 Å². The molecule has 0 aliphatic carbocycles. The molecule has 0 saturated carbocycles. The molecule has 0 aromatic rings. The fraction of sp³-hybridized carbons (Fsp3) is 0.667. The minimum absolute atomic E-state index is 0. The van der Waals surface area contributed by atoms with Gasteiger partial charge in [0.15, 0.2) is 0 Å². The molecular formula is C6H10LiO4. The van der Waals surface area contributed by atoms with E-state index in [4.69, 9.17) is 10.2 Å². The van der Waals surface area contributed by atoms with Crippen LogP contribution in [-0.4, -0.2) is 41.0 Å². The van der Waals surface area contributed by atoms with Gasteiger partial charge in [-0.1, -0.05) is 0 Å². The molecule has 0 spiro atoms. The van der Waals surface area contributed by atoms with Crippen LogP contribution in [0.1, 0.15) is 25.7 Å². The number of aliphatic carboxylic acids is 2. The Morgan fingerprint density at radius 1 is 0.909 bits per heavy atom. The van der Waals surface area contributed by atoms with E-state index in [1.54, 1.807) is 0 Å². The van der Waals surface area contributed by atoms with Crippen molar-refractivity contribution in [3.8, 4) is 0 Å². The minimum Gasteiger partial charge on any atom is -0.481 e. The molecule has 0 aliphatic rings. The van der Waals surface area contributed by atoms with Crippen LogP contribution in [0.15, 0.2) is 0 Å². The van der Waals surface area contributed by atoms with Crippen molar-refractivity contribution in [3.05, 3.63) is 0 Å². The molecule has 0 rings (SSSR count). The molecule has 4 nitrogen and oxygen atoms in total. The Labute approximate surface area is 76.8 Å². The average molecular weight is 153 g/mol. The predicted molar refractivity (Wildman–Crippen MR) is 39.5 cm³/mol. The zero-order valence-electron chi connectivity index (χ0n) is 6.54. The maximum absolute atomic E-state index is 9.90. The molecule has 0 heterocycles. The second kappa shape index (κ2) is 7.64. The van der Waals surface area contributed by atoms with Crippen LogP contribution in [0, 0.1) is 0 Å². The summed E-state index contributed by atoms with van der Waals surface area (Å²) in [6.45, 7) is 0. The zero-order chi connectivity index (χ0) is 7.98. The van der Waals surface area contributed by atoms with Gasteiger partial charge in [0.05, 0.1) is 0 Å². The molecule has 0 aliphatic heterocycles. The van der Waals surface area contributed by atoms with E-state index in [0.717, 1.165) is 0 Å². The standard InChI is InChI=1S/C6H10O4.Li/c7-5(8)3-1-2-4-6(9)10;/h1-4H2,(H,7,8)(H,9,10);. The molecule has 5 heteroatoms. The first kappa shape index (κ1) is 13.2. The third-order valence-corrected chi connectivity index (χ3v) is 1.03. The van der Waals surface area contributed by atoms with Crippen LogP contribution >= 0.6 is 0 Å². The van der Waals surface area contributed by atoms with Crippen molar-refractivity contribution >= 4 is 30.8 Å². The van der Waals surface area contributed by atoms with Crippen molar-refractivity contribution in [1.82, 2.24) is 0 Å². The first-order valence-corrected chi connectivity index (χ1v) is 3.06. The Bertz CT molecular complexity index is 119. The molecule has 11 heavy (non-hydrogen) atoms. The summed E-state index contributed by atoms with van der Waals surface area (Å²) in [7, 11) is 0. The van der Waals surface area contributed by atoms with Gasteiger partial charge in [0, 0.05) is 31.7 Å². The van der Waals surface area contributed by atoms with Crippen LogP contribution < -0.4 is 0 Å². The van der Waals surface area contributed by atoms with Crippen molar-refractivity contribution in [2.45, 2.75) is 25.7 Å². The van der Waals surface area contributed by atoms with E-state index in [1.807, 2.05) is 0 Å². The third-order valence-electron chi connectivity index (χ3n) is 1.03. The summed E-state index contributed by atoms with van der Waals surface area (Å²) in [6, 6.07) is 0. The van der Waals surface area contributed by atoms with E-state index >= 15 is 0 Å².